The van der Waals surface area contributed by atoms with Gasteiger partial charge < -0.3 is 23.5 Å². The van der Waals surface area contributed by atoms with E-state index in [1.54, 1.807) is 55.2 Å². The molecule has 2 aromatic heterocycles. The number of hydrogen-bond donors (Lipinski definition) is 0. The molecular weight excluding hydrogens is 460 g/mol. The molecule has 5 rings (SSSR count). The summed E-state index contributed by atoms with van der Waals surface area (Å²) in [6.45, 7) is 4.18. The molecule has 0 bridgehead atoms. The lowest BCUT2D eigenvalue weighted by Crippen LogP contribution is -2.22. The minimum atomic E-state index is -0.195. The Kier molecular flexibility index (Phi) is 5.84. The molecule has 0 saturated heterocycles. The van der Waals surface area contributed by atoms with E-state index >= 15 is 0 Å². The van der Waals surface area contributed by atoms with Crippen LogP contribution in [0.25, 0.3) is 22.3 Å². The van der Waals surface area contributed by atoms with Crippen LogP contribution in [0.15, 0.2) is 57.5 Å². The van der Waals surface area contributed by atoms with Crippen molar-refractivity contribution in [1.82, 2.24) is 19.7 Å². The second kappa shape index (κ2) is 9.10. The van der Waals surface area contributed by atoms with E-state index in [9.17, 15) is 4.79 Å². The standard InChI is InChI=1S/C23H20N4O6S/c1-4-7-27-22(28)15-9-18-19(32-12-31-18)10-16(15)24-23(27)34-11-20-25-21(26-33-20)14-6-5-13(29-2)8-17(14)30-3/h4-6,8-10H,1,7,11-12H2,2-3H3. The molecule has 10 nitrogen and oxygen atoms in total. The molecular formula is C23H20N4O6S. The van der Waals surface area contributed by atoms with E-state index in [1.807, 2.05) is 0 Å². The third-order valence-electron chi connectivity index (χ3n) is 5.17. The second-order valence-corrected chi connectivity index (χ2v) is 8.13. The predicted molar refractivity (Wildman–Crippen MR) is 125 cm³/mol. The van der Waals surface area contributed by atoms with Gasteiger partial charge in [0, 0.05) is 18.7 Å². The van der Waals surface area contributed by atoms with Crippen molar-refractivity contribution in [2.75, 3.05) is 21.0 Å². The van der Waals surface area contributed by atoms with Crippen molar-refractivity contribution in [3.05, 3.63) is 59.2 Å². The fraction of sp³-hybridized carbons (Fsp3) is 0.217. The van der Waals surface area contributed by atoms with Gasteiger partial charge in [0.15, 0.2) is 16.7 Å². The highest BCUT2D eigenvalue weighted by atomic mass is 32.2. The van der Waals surface area contributed by atoms with E-state index in [4.69, 9.17) is 23.5 Å². The summed E-state index contributed by atoms with van der Waals surface area (Å²) in [7, 11) is 3.14. The third kappa shape index (κ3) is 3.94. The van der Waals surface area contributed by atoms with Gasteiger partial charge in [-0.05, 0) is 18.2 Å². The number of aromatic nitrogens is 4. The maximum atomic E-state index is 13.2. The summed E-state index contributed by atoms with van der Waals surface area (Å²) in [6.07, 6.45) is 1.65. The van der Waals surface area contributed by atoms with Gasteiger partial charge in [-0.15, -0.1) is 6.58 Å². The van der Waals surface area contributed by atoms with E-state index in [0.29, 0.717) is 68.6 Å². The number of rotatable bonds is 8. The zero-order valence-electron chi connectivity index (χ0n) is 18.4. The number of nitrogens with zero attached hydrogens (tertiary/aromatic N) is 4. The first-order valence-electron chi connectivity index (χ1n) is 10.2. The number of methoxy groups -OCH3 is 2. The lowest BCUT2D eigenvalue weighted by Gasteiger charge is -2.11. The van der Waals surface area contributed by atoms with Crippen LogP contribution in [0.1, 0.15) is 5.89 Å². The van der Waals surface area contributed by atoms with Crippen LogP contribution < -0.4 is 24.5 Å². The van der Waals surface area contributed by atoms with Gasteiger partial charge in [0.1, 0.15) is 11.5 Å². The normalized spacial score (nSPS) is 12.2. The lowest BCUT2D eigenvalue weighted by atomic mass is 10.2. The van der Waals surface area contributed by atoms with E-state index in [2.05, 4.69) is 21.7 Å². The molecule has 0 fully saturated rings. The number of ether oxygens (including phenoxy) is 4. The highest BCUT2D eigenvalue weighted by Gasteiger charge is 2.20. The molecule has 0 radical (unpaired) electrons. The largest absolute Gasteiger partial charge is 0.497 e. The summed E-state index contributed by atoms with van der Waals surface area (Å²) in [4.78, 5) is 22.3. The van der Waals surface area contributed by atoms with Crippen molar-refractivity contribution in [1.29, 1.82) is 0 Å². The molecule has 0 atom stereocenters. The van der Waals surface area contributed by atoms with Gasteiger partial charge in [-0.1, -0.05) is 23.0 Å². The summed E-state index contributed by atoms with van der Waals surface area (Å²) in [6, 6.07) is 8.71. The Bertz CT molecular complexity index is 1450. The molecule has 1 aliphatic heterocycles. The fourth-order valence-electron chi connectivity index (χ4n) is 3.52. The lowest BCUT2D eigenvalue weighted by molar-refractivity contribution is 0.174. The Balaban J connectivity index is 1.44. The van der Waals surface area contributed by atoms with Gasteiger partial charge in [0.2, 0.25) is 18.5 Å². The maximum Gasteiger partial charge on any atom is 0.262 e. The van der Waals surface area contributed by atoms with Crippen LogP contribution in [-0.2, 0) is 12.3 Å². The maximum absolute atomic E-state index is 13.2. The quantitative estimate of drug-likeness (QED) is 0.210. The minimum Gasteiger partial charge on any atom is -0.497 e. The Morgan fingerprint density at radius 1 is 1.15 bits per heavy atom. The Hall–Kier alpha value is -3.99. The molecule has 0 N–H and O–H groups in total. The van der Waals surface area contributed by atoms with E-state index in [1.165, 1.54) is 11.8 Å². The SMILES string of the molecule is C=CCn1c(SCc2nc(-c3ccc(OC)cc3OC)no2)nc2cc3c(cc2c1=O)OCO3. The molecule has 174 valence electrons. The second-order valence-electron chi connectivity index (χ2n) is 7.19. The van der Waals surface area contributed by atoms with E-state index in [0.717, 1.165) is 0 Å². The summed E-state index contributed by atoms with van der Waals surface area (Å²) in [5.74, 6) is 3.39. The number of benzene rings is 2. The predicted octanol–water partition coefficient (Wildman–Crippen LogP) is 3.67. The van der Waals surface area contributed by atoms with Crippen LogP contribution in [0.3, 0.4) is 0 Å². The van der Waals surface area contributed by atoms with Gasteiger partial charge >= 0.3 is 0 Å². The van der Waals surface area contributed by atoms with Crippen LogP contribution in [0.5, 0.6) is 23.0 Å². The van der Waals surface area contributed by atoms with E-state index in [-0.39, 0.29) is 12.4 Å². The monoisotopic (exact) mass is 480 g/mol. The molecule has 11 heteroatoms. The summed E-state index contributed by atoms with van der Waals surface area (Å²) in [5.41, 5.74) is 0.998. The fourth-order valence-corrected chi connectivity index (χ4v) is 4.37. The summed E-state index contributed by atoms with van der Waals surface area (Å²) < 4.78 is 28.5. The molecule has 0 aliphatic carbocycles. The Morgan fingerprint density at radius 3 is 2.74 bits per heavy atom. The molecule has 0 saturated carbocycles. The highest BCUT2D eigenvalue weighted by molar-refractivity contribution is 7.98. The highest BCUT2D eigenvalue weighted by Crippen LogP contribution is 2.35. The van der Waals surface area contributed by atoms with Crippen LogP contribution in [0, 0.1) is 0 Å². The van der Waals surface area contributed by atoms with Crippen molar-refractivity contribution in [3.63, 3.8) is 0 Å². The van der Waals surface area contributed by atoms with Gasteiger partial charge in [0.25, 0.3) is 5.56 Å². The van der Waals surface area contributed by atoms with Gasteiger partial charge in [-0.3, -0.25) is 9.36 Å². The molecule has 1 aliphatic rings. The molecule has 4 aromatic rings. The average Bonchev–Trinajstić information content (AvgIpc) is 3.52. The van der Waals surface area contributed by atoms with Crippen molar-refractivity contribution in [2.24, 2.45) is 0 Å². The molecule has 0 unspecified atom stereocenters. The van der Waals surface area contributed by atoms with Crippen molar-refractivity contribution >= 4 is 22.7 Å². The first kappa shape index (κ1) is 21.8. The average molecular weight is 481 g/mol. The molecule has 0 amide bonds. The van der Waals surface area contributed by atoms with Crippen molar-refractivity contribution in [3.8, 4) is 34.4 Å². The Labute approximate surface area is 198 Å². The van der Waals surface area contributed by atoms with Crippen LogP contribution in [0.2, 0.25) is 0 Å². The van der Waals surface area contributed by atoms with Crippen LogP contribution >= 0.6 is 11.8 Å². The molecule has 0 spiro atoms. The zero-order chi connectivity index (χ0) is 23.7. The van der Waals surface area contributed by atoms with Gasteiger partial charge in [-0.25, -0.2) is 4.98 Å². The first-order chi connectivity index (χ1) is 16.6. The number of thioether (sulfide) groups is 1. The van der Waals surface area contributed by atoms with Crippen LogP contribution in [-0.4, -0.2) is 40.7 Å². The molecule has 3 heterocycles. The molecule has 34 heavy (non-hydrogen) atoms. The smallest absolute Gasteiger partial charge is 0.262 e. The molecule has 2 aromatic carbocycles. The van der Waals surface area contributed by atoms with Crippen molar-refractivity contribution < 1.29 is 23.5 Å². The Morgan fingerprint density at radius 2 is 1.97 bits per heavy atom. The topological polar surface area (TPSA) is 111 Å². The number of hydrogen-bond acceptors (Lipinski definition) is 10. The summed E-state index contributed by atoms with van der Waals surface area (Å²) in [5, 5.41) is 5.02. The number of allylic oxidation sites excluding steroid dienone is 1. The van der Waals surface area contributed by atoms with Crippen LogP contribution in [0.4, 0.5) is 0 Å². The minimum absolute atomic E-state index is 0.118. The van der Waals surface area contributed by atoms with Gasteiger partial charge in [0.05, 0.1) is 36.4 Å². The zero-order valence-corrected chi connectivity index (χ0v) is 19.3. The number of fused-ring (bicyclic) bond motifs is 2. The van der Waals surface area contributed by atoms with Gasteiger partial charge in [-0.2, -0.15) is 4.98 Å². The van der Waals surface area contributed by atoms with E-state index < -0.39 is 0 Å². The third-order valence-corrected chi connectivity index (χ3v) is 6.13. The summed E-state index contributed by atoms with van der Waals surface area (Å²) >= 11 is 1.31. The first-order valence-corrected chi connectivity index (χ1v) is 11.2. The van der Waals surface area contributed by atoms with Crippen molar-refractivity contribution in [2.45, 2.75) is 17.5 Å².